The molecule has 2 heterocycles. The SMILES string of the molecule is CNC(=O)c1ccc(C=CC(=O)NCCCn2nc3n(c2=O)CCCC3)cc1. The molecule has 0 unspecified atom stereocenters. The Kier molecular flexibility index (Phi) is 6.41. The summed E-state index contributed by atoms with van der Waals surface area (Å²) >= 11 is 0. The highest BCUT2D eigenvalue weighted by atomic mass is 16.2. The van der Waals surface area contributed by atoms with Gasteiger partial charge in [-0.15, -0.1) is 0 Å². The van der Waals surface area contributed by atoms with E-state index in [1.807, 2.05) is 0 Å². The summed E-state index contributed by atoms with van der Waals surface area (Å²) < 4.78 is 3.25. The molecular formula is C20H25N5O3. The van der Waals surface area contributed by atoms with Crippen molar-refractivity contribution in [3.63, 3.8) is 0 Å². The molecule has 28 heavy (non-hydrogen) atoms. The molecule has 148 valence electrons. The number of amides is 2. The number of fused-ring (bicyclic) bond motifs is 1. The summed E-state index contributed by atoms with van der Waals surface area (Å²) in [7, 11) is 1.58. The summed E-state index contributed by atoms with van der Waals surface area (Å²) in [6.45, 7) is 1.71. The molecule has 1 aromatic carbocycles. The van der Waals surface area contributed by atoms with Crippen molar-refractivity contribution in [2.75, 3.05) is 13.6 Å². The second-order valence-electron chi connectivity index (χ2n) is 6.71. The highest BCUT2D eigenvalue weighted by Crippen LogP contribution is 2.09. The first-order chi connectivity index (χ1) is 13.6. The molecule has 0 aliphatic carbocycles. The first kappa shape index (κ1) is 19.6. The Balaban J connectivity index is 1.43. The first-order valence-corrected chi connectivity index (χ1v) is 9.53. The minimum Gasteiger partial charge on any atom is -0.355 e. The summed E-state index contributed by atoms with van der Waals surface area (Å²) in [5.41, 5.74) is 1.35. The van der Waals surface area contributed by atoms with E-state index in [1.165, 1.54) is 10.8 Å². The van der Waals surface area contributed by atoms with Gasteiger partial charge in [-0.25, -0.2) is 9.48 Å². The quantitative estimate of drug-likeness (QED) is 0.550. The number of aryl methyl sites for hydroxylation is 2. The third-order valence-electron chi connectivity index (χ3n) is 4.70. The van der Waals surface area contributed by atoms with Crippen molar-refractivity contribution in [2.45, 2.75) is 38.8 Å². The Morgan fingerprint density at radius 2 is 2.00 bits per heavy atom. The van der Waals surface area contributed by atoms with Gasteiger partial charge < -0.3 is 10.6 Å². The lowest BCUT2D eigenvalue weighted by atomic mass is 10.1. The number of nitrogens with zero attached hydrogens (tertiary/aromatic N) is 3. The second kappa shape index (κ2) is 9.16. The van der Waals surface area contributed by atoms with Crippen molar-refractivity contribution in [1.29, 1.82) is 0 Å². The molecule has 2 amide bonds. The Morgan fingerprint density at radius 1 is 1.21 bits per heavy atom. The maximum atomic E-state index is 12.2. The van der Waals surface area contributed by atoms with E-state index in [0.29, 0.717) is 25.1 Å². The van der Waals surface area contributed by atoms with Gasteiger partial charge in [0.1, 0.15) is 5.82 Å². The van der Waals surface area contributed by atoms with Crippen LogP contribution >= 0.6 is 0 Å². The molecule has 2 N–H and O–H groups in total. The number of hydrogen-bond acceptors (Lipinski definition) is 4. The van der Waals surface area contributed by atoms with Gasteiger partial charge in [0.15, 0.2) is 0 Å². The molecule has 0 spiro atoms. The Hall–Kier alpha value is -3.16. The van der Waals surface area contributed by atoms with Crippen molar-refractivity contribution >= 4 is 17.9 Å². The summed E-state index contributed by atoms with van der Waals surface area (Å²) in [4.78, 5) is 35.6. The number of hydrogen-bond donors (Lipinski definition) is 2. The van der Waals surface area contributed by atoms with Crippen LogP contribution in [0.15, 0.2) is 35.1 Å². The van der Waals surface area contributed by atoms with Crippen molar-refractivity contribution < 1.29 is 9.59 Å². The summed E-state index contributed by atoms with van der Waals surface area (Å²) in [5.74, 6) is 0.517. The van der Waals surface area contributed by atoms with Crippen molar-refractivity contribution in [1.82, 2.24) is 25.0 Å². The van der Waals surface area contributed by atoms with E-state index in [-0.39, 0.29) is 17.5 Å². The zero-order chi connectivity index (χ0) is 19.9. The minimum absolute atomic E-state index is 0.0545. The fourth-order valence-corrected chi connectivity index (χ4v) is 3.16. The van der Waals surface area contributed by atoms with Gasteiger partial charge in [0, 0.05) is 44.7 Å². The average Bonchev–Trinajstić information content (AvgIpc) is 3.05. The van der Waals surface area contributed by atoms with Crippen LogP contribution in [0.3, 0.4) is 0 Å². The molecule has 1 aromatic heterocycles. The van der Waals surface area contributed by atoms with Gasteiger partial charge in [-0.3, -0.25) is 14.2 Å². The molecule has 0 saturated heterocycles. The van der Waals surface area contributed by atoms with Crippen LogP contribution in [-0.2, 0) is 24.3 Å². The fourth-order valence-electron chi connectivity index (χ4n) is 3.16. The van der Waals surface area contributed by atoms with Gasteiger partial charge in [0.25, 0.3) is 5.91 Å². The number of benzene rings is 1. The Labute approximate surface area is 163 Å². The monoisotopic (exact) mass is 383 g/mol. The van der Waals surface area contributed by atoms with Crippen LogP contribution < -0.4 is 16.3 Å². The van der Waals surface area contributed by atoms with Crippen LogP contribution in [-0.4, -0.2) is 39.8 Å². The zero-order valence-electron chi connectivity index (χ0n) is 16.0. The number of carbonyl (C=O) groups is 2. The normalized spacial score (nSPS) is 13.3. The van der Waals surface area contributed by atoms with E-state index in [0.717, 1.165) is 37.2 Å². The van der Waals surface area contributed by atoms with Crippen LogP contribution in [0.1, 0.15) is 41.0 Å². The topological polar surface area (TPSA) is 98.0 Å². The van der Waals surface area contributed by atoms with Gasteiger partial charge >= 0.3 is 5.69 Å². The van der Waals surface area contributed by atoms with Crippen molar-refractivity contribution in [3.8, 4) is 0 Å². The maximum Gasteiger partial charge on any atom is 0.345 e. The molecule has 2 aromatic rings. The van der Waals surface area contributed by atoms with Crippen LogP contribution in [0.5, 0.6) is 0 Å². The minimum atomic E-state index is -0.202. The summed E-state index contributed by atoms with van der Waals surface area (Å²) in [5, 5.41) is 9.74. The lowest BCUT2D eigenvalue weighted by molar-refractivity contribution is -0.116. The third kappa shape index (κ3) is 4.76. The van der Waals surface area contributed by atoms with E-state index < -0.39 is 0 Å². The van der Waals surface area contributed by atoms with Crippen molar-refractivity contribution in [3.05, 3.63) is 57.8 Å². The average molecular weight is 383 g/mol. The highest BCUT2D eigenvalue weighted by molar-refractivity contribution is 5.94. The van der Waals surface area contributed by atoms with Gasteiger partial charge in [-0.05, 0) is 43.0 Å². The smallest absolute Gasteiger partial charge is 0.345 e. The van der Waals surface area contributed by atoms with Crippen LogP contribution in [0.4, 0.5) is 0 Å². The van der Waals surface area contributed by atoms with Gasteiger partial charge in [-0.2, -0.15) is 5.10 Å². The number of aromatic nitrogens is 3. The van der Waals surface area contributed by atoms with E-state index in [9.17, 15) is 14.4 Å². The lowest BCUT2D eigenvalue weighted by Gasteiger charge is -2.09. The first-order valence-electron chi connectivity index (χ1n) is 9.53. The summed E-state index contributed by atoms with van der Waals surface area (Å²) in [6, 6.07) is 6.97. The highest BCUT2D eigenvalue weighted by Gasteiger charge is 2.16. The molecule has 0 radical (unpaired) electrons. The van der Waals surface area contributed by atoms with Crippen LogP contribution in [0.25, 0.3) is 6.08 Å². The van der Waals surface area contributed by atoms with Crippen LogP contribution in [0.2, 0.25) is 0 Å². The molecule has 0 saturated carbocycles. The predicted molar refractivity (Wildman–Crippen MR) is 106 cm³/mol. The molecule has 0 atom stereocenters. The van der Waals surface area contributed by atoms with Gasteiger partial charge in [0.05, 0.1) is 0 Å². The van der Waals surface area contributed by atoms with E-state index in [1.54, 1.807) is 42.0 Å². The molecule has 0 bridgehead atoms. The number of carbonyl (C=O) groups excluding carboxylic acids is 2. The summed E-state index contributed by atoms with van der Waals surface area (Å²) in [6.07, 6.45) is 6.74. The van der Waals surface area contributed by atoms with Crippen LogP contribution in [0, 0.1) is 0 Å². The maximum absolute atomic E-state index is 12.2. The number of rotatable bonds is 7. The fraction of sp³-hybridized carbons (Fsp3) is 0.400. The Morgan fingerprint density at radius 3 is 2.71 bits per heavy atom. The van der Waals surface area contributed by atoms with Gasteiger partial charge in [0.2, 0.25) is 5.91 Å². The van der Waals surface area contributed by atoms with E-state index >= 15 is 0 Å². The standard InChI is InChI=1S/C20H25N5O3/c1-21-19(27)16-9-6-15(7-10-16)8-11-18(26)22-12-4-14-25-20(28)24-13-3-2-5-17(24)23-25/h6-11H,2-5,12-14H2,1H3,(H,21,27)(H,22,26). The second-order valence-corrected chi connectivity index (χ2v) is 6.71. The molecular weight excluding hydrogens is 358 g/mol. The molecule has 1 aliphatic heterocycles. The largest absolute Gasteiger partial charge is 0.355 e. The predicted octanol–water partition coefficient (Wildman–Crippen LogP) is 0.960. The zero-order valence-corrected chi connectivity index (χ0v) is 16.0. The lowest BCUT2D eigenvalue weighted by Crippen LogP contribution is -2.28. The number of nitrogens with one attached hydrogen (secondary N) is 2. The van der Waals surface area contributed by atoms with E-state index in [4.69, 9.17) is 0 Å². The molecule has 3 rings (SSSR count). The van der Waals surface area contributed by atoms with Gasteiger partial charge in [-0.1, -0.05) is 12.1 Å². The molecule has 8 nitrogen and oxygen atoms in total. The molecule has 1 aliphatic rings. The molecule has 8 heteroatoms. The molecule has 0 fully saturated rings. The Bertz CT molecular complexity index is 924. The van der Waals surface area contributed by atoms with Crippen molar-refractivity contribution in [2.24, 2.45) is 0 Å². The third-order valence-corrected chi connectivity index (χ3v) is 4.70. The van der Waals surface area contributed by atoms with E-state index in [2.05, 4.69) is 15.7 Å².